The topological polar surface area (TPSA) is 78.7 Å². The number of rotatable bonds is 5. The third-order valence-electron chi connectivity index (χ3n) is 5.38. The molecule has 5 aromatic rings. The van der Waals surface area contributed by atoms with Crippen molar-refractivity contribution in [2.24, 2.45) is 0 Å². The zero-order valence-electron chi connectivity index (χ0n) is 17.2. The van der Waals surface area contributed by atoms with Gasteiger partial charge in [-0.15, -0.1) is 0 Å². The van der Waals surface area contributed by atoms with E-state index in [2.05, 4.69) is 15.1 Å². The molecule has 0 fully saturated rings. The summed E-state index contributed by atoms with van der Waals surface area (Å²) in [7, 11) is 0. The molecule has 7 nitrogen and oxygen atoms in total. The highest BCUT2D eigenvalue weighted by atomic mass is 19.1. The second kappa shape index (κ2) is 7.46. The average Bonchev–Trinajstić information content (AvgIpc) is 3.34. The van der Waals surface area contributed by atoms with E-state index in [9.17, 15) is 9.18 Å². The Morgan fingerprint density at radius 1 is 1.10 bits per heavy atom. The van der Waals surface area contributed by atoms with Gasteiger partial charge in [0, 0.05) is 18.4 Å². The van der Waals surface area contributed by atoms with Crippen LogP contribution in [0.5, 0.6) is 0 Å². The van der Waals surface area contributed by atoms with Crippen LogP contribution in [0.25, 0.3) is 21.9 Å². The predicted octanol–water partition coefficient (Wildman–Crippen LogP) is 3.84. The van der Waals surface area contributed by atoms with E-state index >= 15 is 0 Å². The van der Waals surface area contributed by atoms with Gasteiger partial charge in [-0.1, -0.05) is 41.9 Å². The summed E-state index contributed by atoms with van der Waals surface area (Å²) in [5.74, 6) is 0.555. The lowest BCUT2D eigenvalue weighted by Crippen LogP contribution is -2.23. The summed E-state index contributed by atoms with van der Waals surface area (Å²) in [5.41, 5.74) is 3.59. The third kappa shape index (κ3) is 3.39. The molecule has 0 radical (unpaired) electrons. The lowest BCUT2D eigenvalue weighted by Gasteiger charge is -2.09. The molecule has 5 rings (SSSR count). The molecular weight excluding hydrogens is 397 g/mol. The first-order chi connectivity index (χ1) is 15.0. The van der Waals surface area contributed by atoms with Crippen molar-refractivity contribution < 1.29 is 8.91 Å². The first kappa shape index (κ1) is 19.2. The predicted molar refractivity (Wildman–Crippen MR) is 115 cm³/mol. The van der Waals surface area contributed by atoms with Gasteiger partial charge >= 0.3 is 0 Å². The van der Waals surface area contributed by atoms with E-state index in [0.717, 1.165) is 16.6 Å². The first-order valence-electron chi connectivity index (χ1n) is 10.1. The molecule has 0 N–H and O–H groups in total. The number of hydrogen-bond donors (Lipinski definition) is 0. The molecule has 0 spiro atoms. The highest BCUT2D eigenvalue weighted by Gasteiger charge is 2.18. The SMILES string of the molecule is CCc1noc(Cn2cnc3c4cc(F)ccc4n(Cc4ccc(C)cc4)c3c2=O)n1. The first-order valence-corrected chi connectivity index (χ1v) is 10.1. The van der Waals surface area contributed by atoms with Gasteiger partial charge in [-0.3, -0.25) is 9.36 Å². The van der Waals surface area contributed by atoms with E-state index in [1.54, 1.807) is 6.07 Å². The fourth-order valence-corrected chi connectivity index (χ4v) is 3.77. The fourth-order valence-electron chi connectivity index (χ4n) is 3.77. The zero-order valence-corrected chi connectivity index (χ0v) is 17.2. The minimum atomic E-state index is -0.370. The molecule has 0 aliphatic rings. The smallest absolute Gasteiger partial charge is 0.278 e. The van der Waals surface area contributed by atoms with Crippen molar-refractivity contribution in [3.63, 3.8) is 0 Å². The van der Waals surface area contributed by atoms with E-state index in [1.165, 1.54) is 23.0 Å². The Morgan fingerprint density at radius 3 is 2.65 bits per heavy atom. The molecule has 2 aromatic carbocycles. The van der Waals surface area contributed by atoms with Gasteiger partial charge in [-0.05, 0) is 30.7 Å². The average molecular weight is 417 g/mol. The molecule has 0 atom stereocenters. The van der Waals surface area contributed by atoms with Gasteiger partial charge in [0.05, 0.1) is 11.8 Å². The Morgan fingerprint density at radius 2 is 1.90 bits per heavy atom. The number of hydrogen-bond acceptors (Lipinski definition) is 5. The lowest BCUT2D eigenvalue weighted by molar-refractivity contribution is 0.365. The highest BCUT2D eigenvalue weighted by molar-refractivity contribution is 6.05. The second-order valence-electron chi connectivity index (χ2n) is 7.57. The van der Waals surface area contributed by atoms with Gasteiger partial charge in [0.25, 0.3) is 5.56 Å². The Hall–Kier alpha value is -3.81. The van der Waals surface area contributed by atoms with Crippen LogP contribution in [0.3, 0.4) is 0 Å². The van der Waals surface area contributed by atoms with Crippen molar-refractivity contribution in [3.8, 4) is 0 Å². The van der Waals surface area contributed by atoms with E-state index in [0.29, 0.717) is 41.1 Å². The van der Waals surface area contributed by atoms with Crippen LogP contribution in [0, 0.1) is 12.7 Å². The number of halogens is 1. The zero-order chi connectivity index (χ0) is 21.5. The maximum atomic E-state index is 14.0. The fraction of sp³-hybridized carbons (Fsp3) is 0.217. The van der Waals surface area contributed by atoms with Crippen molar-refractivity contribution in [2.75, 3.05) is 0 Å². The van der Waals surface area contributed by atoms with Crippen LogP contribution >= 0.6 is 0 Å². The van der Waals surface area contributed by atoms with Crippen molar-refractivity contribution in [2.45, 2.75) is 33.4 Å². The molecule has 31 heavy (non-hydrogen) atoms. The normalized spacial score (nSPS) is 11.6. The van der Waals surface area contributed by atoms with Gasteiger partial charge in [0.15, 0.2) is 5.82 Å². The van der Waals surface area contributed by atoms with Crippen molar-refractivity contribution in [3.05, 3.63) is 87.8 Å². The molecule has 0 bridgehead atoms. The van der Waals surface area contributed by atoms with Crippen LogP contribution in [0.15, 0.2) is 58.1 Å². The van der Waals surface area contributed by atoms with Gasteiger partial charge in [-0.2, -0.15) is 4.98 Å². The second-order valence-corrected chi connectivity index (χ2v) is 7.57. The summed E-state index contributed by atoms with van der Waals surface area (Å²) in [6.07, 6.45) is 2.09. The summed E-state index contributed by atoms with van der Waals surface area (Å²) in [4.78, 5) is 22.2. The van der Waals surface area contributed by atoms with Gasteiger partial charge in [0.2, 0.25) is 5.89 Å². The summed E-state index contributed by atoms with van der Waals surface area (Å²) >= 11 is 0. The molecule has 0 saturated heterocycles. The van der Waals surface area contributed by atoms with Crippen LogP contribution in [0.1, 0.15) is 29.8 Å². The summed E-state index contributed by atoms with van der Waals surface area (Å²) in [6, 6.07) is 12.6. The van der Waals surface area contributed by atoms with Crippen LogP contribution in [0.2, 0.25) is 0 Å². The Kier molecular flexibility index (Phi) is 4.62. The molecule has 156 valence electrons. The highest BCUT2D eigenvalue weighted by Crippen LogP contribution is 2.27. The van der Waals surface area contributed by atoms with E-state index in [-0.39, 0.29) is 17.9 Å². The summed E-state index contributed by atoms with van der Waals surface area (Å²) in [6.45, 7) is 4.54. The minimum absolute atomic E-state index is 0.120. The summed E-state index contributed by atoms with van der Waals surface area (Å²) in [5, 5.41) is 4.49. The molecular formula is C23H20FN5O2. The van der Waals surface area contributed by atoms with E-state index in [4.69, 9.17) is 4.52 Å². The molecule has 8 heteroatoms. The van der Waals surface area contributed by atoms with Crippen LogP contribution in [-0.2, 0) is 19.5 Å². The third-order valence-corrected chi connectivity index (χ3v) is 5.38. The van der Waals surface area contributed by atoms with Crippen LogP contribution in [0.4, 0.5) is 4.39 Å². The Balaban J connectivity index is 1.69. The van der Waals surface area contributed by atoms with Crippen LogP contribution in [-0.4, -0.2) is 24.3 Å². The minimum Gasteiger partial charge on any atom is -0.337 e. The monoisotopic (exact) mass is 417 g/mol. The lowest BCUT2D eigenvalue weighted by atomic mass is 10.1. The van der Waals surface area contributed by atoms with Gasteiger partial charge in [0.1, 0.15) is 23.4 Å². The molecule has 0 unspecified atom stereocenters. The van der Waals surface area contributed by atoms with Gasteiger partial charge < -0.3 is 9.09 Å². The Labute approximate surface area is 176 Å². The number of aromatic nitrogens is 5. The number of aryl methyl sites for hydroxylation is 2. The summed E-state index contributed by atoms with van der Waals surface area (Å²) < 4.78 is 22.6. The number of nitrogens with zero attached hydrogens (tertiary/aromatic N) is 5. The van der Waals surface area contributed by atoms with E-state index < -0.39 is 0 Å². The Bertz CT molecular complexity index is 1460. The molecule has 0 aliphatic carbocycles. The maximum Gasteiger partial charge on any atom is 0.278 e. The molecule has 3 aromatic heterocycles. The van der Waals surface area contributed by atoms with Crippen molar-refractivity contribution >= 4 is 21.9 Å². The quantitative estimate of drug-likeness (QED) is 0.434. The standard InChI is InChI=1S/C23H20FN5O2/c1-3-19-26-20(31-27-19)12-28-13-25-21-17-10-16(24)8-9-18(17)29(22(21)23(28)30)11-15-6-4-14(2)5-7-15/h4-10,13H,3,11-12H2,1-2H3. The molecule has 0 aliphatic heterocycles. The van der Waals surface area contributed by atoms with Crippen molar-refractivity contribution in [1.29, 1.82) is 0 Å². The van der Waals surface area contributed by atoms with E-state index in [1.807, 2.05) is 42.7 Å². The molecule has 0 saturated carbocycles. The molecule has 0 amide bonds. The largest absolute Gasteiger partial charge is 0.337 e. The number of fused-ring (bicyclic) bond motifs is 3. The maximum absolute atomic E-state index is 14.0. The van der Waals surface area contributed by atoms with Crippen LogP contribution < -0.4 is 5.56 Å². The van der Waals surface area contributed by atoms with Gasteiger partial charge in [-0.25, -0.2) is 9.37 Å². The molecule has 3 heterocycles. The number of benzene rings is 2. The van der Waals surface area contributed by atoms with Crippen molar-refractivity contribution in [1.82, 2.24) is 24.3 Å².